The second-order valence-corrected chi connectivity index (χ2v) is 6.39. The molecule has 0 fully saturated rings. The molecular weight excluding hydrogens is 356 g/mol. The fourth-order valence-corrected chi connectivity index (χ4v) is 2.78. The molecule has 1 heterocycles. The fourth-order valence-electron chi connectivity index (χ4n) is 2.13. The molecule has 0 bridgehead atoms. The summed E-state index contributed by atoms with van der Waals surface area (Å²) in [6, 6.07) is 13.3. The highest BCUT2D eigenvalue weighted by Crippen LogP contribution is 2.22. The molecule has 1 aromatic heterocycles. The molecule has 0 saturated heterocycles. The van der Waals surface area contributed by atoms with E-state index >= 15 is 0 Å². The molecule has 132 valence electrons. The van der Waals surface area contributed by atoms with Crippen LogP contribution < -0.4 is 10.1 Å². The fraction of sp³-hybridized carbons (Fsp3) is 0.118. The van der Waals surface area contributed by atoms with Crippen molar-refractivity contribution in [1.29, 1.82) is 0 Å². The number of ether oxygens (including phenoxy) is 1. The number of aryl methyl sites for hydroxylation is 1. The molecule has 2 aromatic carbocycles. The van der Waals surface area contributed by atoms with Gasteiger partial charge in [0, 0.05) is 6.07 Å². The van der Waals surface area contributed by atoms with Gasteiger partial charge < -0.3 is 4.74 Å². The Bertz CT molecular complexity index is 940. The van der Waals surface area contributed by atoms with E-state index < -0.39 is 10.8 Å². The summed E-state index contributed by atoms with van der Waals surface area (Å²) in [6.07, 6.45) is 0. The highest BCUT2D eigenvalue weighted by molar-refractivity contribution is 7.15. The van der Waals surface area contributed by atoms with Crippen molar-refractivity contribution < 1.29 is 14.5 Å². The van der Waals surface area contributed by atoms with Crippen LogP contribution in [0.4, 0.5) is 10.8 Å². The summed E-state index contributed by atoms with van der Waals surface area (Å²) in [4.78, 5) is 22.7. The van der Waals surface area contributed by atoms with Crippen molar-refractivity contribution in [3.8, 4) is 5.75 Å². The molecule has 0 aliphatic carbocycles. The SMILES string of the molecule is Cc1ccc(OCc2nnc(NC(=O)c3ccccc3[N+](=O)[O-])s2)cc1. The van der Waals surface area contributed by atoms with E-state index in [1.165, 1.54) is 18.2 Å². The molecule has 0 saturated carbocycles. The van der Waals surface area contributed by atoms with Gasteiger partial charge in [-0.05, 0) is 25.1 Å². The Morgan fingerprint density at radius 3 is 2.65 bits per heavy atom. The Kier molecular flexibility index (Phi) is 5.18. The maximum atomic E-state index is 12.3. The first-order chi connectivity index (χ1) is 12.5. The second kappa shape index (κ2) is 7.70. The molecule has 0 atom stereocenters. The van der Waals surface area contributed by atoms with Gasteiger partial charge in [-0.25, -0.2) is 0 Å². The molecule has 9 heteroatoms. The Balaban J connectivity index is 1.64. The van der Waals surface area contributed by atoms with Gasteiger partial charge in [-0.1, -0.05) is 41.2 Å². The third-order valence-corrected chi connectivity index (χ3v) is 4.23. The first-order valence-electron chi connectivity index (χ1n) is 7.59. The number of nitro groups is 1. The average Bonchev–Trinajstić information content (AvgIpc) is 3.08. The molecule has 0 aliphatic rings. The number of aromatic nitrogens is 2. The predicted molar refractivity (Wildman–Crippen MR) is 96.5 cm³/mol. The van der Waals surface area contributed by atoms with Crippen LogP contribution in [0, 0.1) is 17.0 Å². The summed E-state index contributed by atoms with van der Waals surface area (Å²) in [5, 5.41) is 22.2. The molecule has 1 amide bonds. The minimum Gasteiger partial charge on any atom is -0.486 e. The maximum absolute atomic E-state index is 12.3. The predicted octanol–water partition coefficient (Wildman–Crippen LogP) is 3.59. The van der Waals surface area contributed by atoms with Gasteiger partial charge in [0.1, 0.15) is 17.9 Å². The largest absolute Gasteiger partial charge is 0.486 e. The van der Waals surface area contributed by atoms with Gasteiger partial charge in [0.2, 0.25) is 5.13 Å². The third-order valence-electron chi connectivity index (χ3n) is 3.42. The number of anilines is 1. The summed E-state index contributed by atoms with van der Waals surface area (Å²) in [5.41, 5.74) is 0.830. The number of carbonyl (C=O) groups excluding carboxylic acids is 1. The molecule has 26 heavy (non-hydrogen) atoms. The second-order valence-electron chi connectivity index (χ2n) is 5.33. The Morgan fingerprint density at radius 2 is 1.92 bits per heavy atom. The van der Waals surface area contributed by atoms with E-state index in [1.54, 1.807) is 6.07 Å². The summed E-state index contributed by atoms with van der Waals surface area (Å²) in [6.45, 7) is 2.20. The minimum atomic E-state index is -0.612. The van der Waals surface area contributed by atoms with E-state index in [9.17, 15) is 14.9 Å². The first-order valence-corrected chi connectivity index (χ1v) is 8.41. The minimum absolute atomic E-state index is 0.0369. The molecule has 0 radical (unpaired) electrons. The topological polar surface area (TPSA) is 107 Å². The van der Waals surface area contributed by atoms with E-state index in [0.29, 0.717) is 10.8 Å². The molecule has 1 N–H and O–H groups in total. The monoisotopic (exact) mass is 370 g/mol. The lowest BCUT2D eigenvalue weighted by atomic mass is 10.1. The zero-order chi connectivity index (χ0) is 18.5. The number of para-hydroxylation sites is 1. The standard InChI is InChI=1S/C17H14N4O4S/c1-11-6-8-12(9-7-11)25-10-15-19-20-17(26-15)18-16(22)13-4-2-3-5-14(13)21(23)24/h2-9H,10H2,1H3,(H,18,20,22). The lowest BCUT2D eigenvalue weighted by molar-refractivity contribution is -0.385. The lowest BCUT2D eigenvalue weighted by Gasteiger charge is -2.03. The first kappa shape index (κ1) is 17.5. The Morgan fingerprint density at radius 1 is 1.19 bits per heavy atom. The van der Waals surface area contributed by atoms with Crippen LogP contribution in [0.25, 0.3) is 0 Å². The van der Waals surface area contributed by atoms with Crippen LogP contribution in [0.2, 0.25) is 0 Å². The van der Waals surface area contributed by atoms with E-state index in [2.05, 4.69) is 15.5 Å². The van der Waals surface area contributed by atoms with Crippen molar-refractivity contribution in [2.75, 3.05) is 5.32 Å². The van der Waals surface area contributed by atoms with Gasteiger partial charge in [0.25, 0.3) is 11.6 Å². The number of nitrogens with one attached hydrogen (secondary N) is 1. The number of nitro benzene ring substituents is 1. The van der Waals surface area contributed by atoms with Crippen LogP contribution >= 0.6 is 11.3 Å². The van der Waals surface area contributed by atoms with Crippen LogP contribution in [0.3, 0.4) is 0 Å². The number of nitrogens with zero attached hydrogens (tertiary/aromatic N) is 3. The van der Waals surface area contributed by atoms with Crippen molar-refractivity contribution >= 4 is 28.1 Å². The zero-order valence-electron chi connectivity index (χ0n) is 13.7. The van der Waals surface area contributed by atoms with Crippen LogP contribution in [0.15, 0.2) is 48.5 Å². The molecular formula is C17H14N4O4S. The Labute approximate surface area is 152 Å². The van der Waals surface area contributed by atoms with Crippen LogP contribution in [-0.4, -0.2) is 21.0 Å². The number of benzene rings is 2. The third kappa shape index (κ3) is 4.19. The molecule has 3 aromatic rings. The van der Waals surface area contributed by atoms with Crippen molar-refractivity contribution in [3.05, 3.63) is 74.8 Å². The number of hydrogen-bond donors (Lipinski definition) is 1. The van der Waals surface area contributed by atoms with Crippen molar-refractivity contribution in [3.63, 3.8) is 0 Å². The van der Waals surface area contributed by atoms with Gasteiger partial charge >= 0.3 is 0 Å². The summed E-state index contributed by atoms with van der Waals surface area (Å²) >= 11 is 1.14. The molecule has 0 unspecified atom stereocenters. The summed E-state index contributed by atoms with van der Waals surface area (Å²) < 4.78 is 5.61. The van der Waals surface area contributed by atoms with E-state index in [0.717, 1.165) is 16.9 Å². The van der Waals surface area contributed by atoms with Crippen LogP contribution in [0.1, 0.15) is 20.9 Å². The lowest BCUT2D eigenvalue weighted by Crippen LogP contribution is -2.13. The number of amides is 1. The van der Waals surface area contributed by atoms with E-state index in [4.69, 9.17) is 4.74 Å². The van der Waals surface area contributed by atoms with Gasteiger partial charge in [-0.15, -0.1) is 10.2 Å². The van der Waals surface area contributed by atoms with Crippen molar-refractivity contribution in [2.45, 2.75) is 13.5 Å². The summed E-state index contributed by atoms with van der Waals surface area (Å²) in [5.74, 6) is 0.0933. The highest BCUT2D eigenvalue weighted by atomic mass is 32.1. The van der Waals surface area contributed by atoms with Gasteiger partial charge in [0.05, 0.1) is 4.92 Å². The Hall–Kier alpha value is -3.33. The highest BCUT2D eigenvalue weighted by Gasteiger charge is 2.20. The summed E-state index contributed by atoms with van der Waals surface area (Å²) in [7, 11) is 0. The number of rotatable bonds is 6. The zero-order valence-corrected chi connectivity index (χ0v) is 14.5. The number of hydrogen-bond acceptors (Lipinski definition) is 7. The molecule has 3 rings (SSSR count). The molecule has 0 spiro atoms. The van der Waals surface area contributed by atoms with Crippen molar-refractivity contribution in [1.82, 2.24) is 10.2 Å². The van der Waals surface area contributed by atoms with Crippen molar-refractivity contribution in [2.24, 2.45) is 0 Å². The normalized spacial score (nSPS) is 10.3. The van der Waals surface area contributed by atoms with Crippen LogP contribution in [0.5, 0.6) is 5.75 Å². The average molecular weight is 370 g/mol. The molecule has 8 nitrogen and oxygen atoms in total. The van der Waals surface area contributed by atoms with E-state index in [1.807, 2.05) is 31.2 Å². The van der Waals surface area contributed by atoms with E-state index in [-0.39, 0.29) is 23.0 Å². The van der Waals surface area contributed by atoms with Crippen LogP contribution in [-0.2, 0) is 6.61 Å². The van der Waals surface area contributed by atoms with Gasteiger partial charge in [-0.3, -0.25) is 20.2 Å². The maximum Gasteiger partial charge on any atom is 0.282 e. The molecule has 0 aliphatic heterocycles. The smallest absolute Gasteiger partial charge is 0.282 e. The quantitative estimate of drug-likeness (QED) is 0.525. The van der Waals surface area contributed by atoms with Gasteiger partial charge in [0.15, 0.2) is 5.01 Å². The van der Waals surface area contributed by atoms with Gasteiger partial charge in [-0.2, -0.15) is 0 Å². The number of carbonyl (C=O) groups is 1.